The van der Waals surface area contributed by atoms with Crippen LogP contribution >= 0.6 is 0 Å². The lowest BCUT2D eigenvalue weighted by Gasteiger charge is -2.00. The minimum absolute atomic E-state index is 0.312. The first-order chi connectivity index (χ1) is 15.7. The van der Waals surface area contributed by atoms with Crippen LogP contribution < -0.4 is 0 Å². The van der Waals surface area contributed by atoms with Gasteiger partial charge in [0.05, 0.1) is 0 Å². The van der Waals surface area contributed by atoms with Gasteiger partial charge in [-0.25, -0.2) is 0 Å². The second-order valence-electron chi connectivity index (χ2n) is 6.88. The third kappa shape index (κ3) is 20.0. The highest BCUT2D eigenvalue weighted by atomic mass is 16.2. The van der Waals surface area contributed by atoms with Crippen molar-refractivity contribution in [2.75, 3.05) is 0 Å². The second kappa shape index (κ2) is 22.2. The standard InChI is InChI=1S/4C5H6O3.C2H6/c4*1-5(2-6,3-7)4-8;1-2/h4*2-4H,1H3;1-2H3. The van der Waals surface area contributed by atoms with Crippen molar-refractivity contribution in [1.82, 2.24) is 0 Å². The zero-order chi connectivity index (χ0) is 28.5. The Morgan fingerprint density at radius 2 is 0.324 bits per heavy atom. The van der Waals surface area contributed by atoms with Gasteiger partial charge in [-0.2, -0.15) is 0 Å². The lowest BCUT2D eigenvalue weighted by Crippen LogP contribution is -2.21. The molecule has 0 aromatic rings. The van der Waals surface area contributed by atoms with Gasteiger partial charge >= 0.3 is 0 Å². The topological polar surface area (TPSA) is 205 Å². The van der Waals surface area contributed by atoms with Crippen molar-refractivity contribution in [3.63, 3.8) is 0 Å². The van der Waals surface area contributed by atoms with Crippen molar-refractivity contribution in [3.05, 3.63) is 0 Å². The quantitative estimate of drug-likeness (QED) is 0.250. The van der Waals surface area contributed by atoms with Crippen molar-refractivity contribution in [2.45, 2.75) is 41.5 Å². The van der Waals surface area contributed by atoms with Crippen molar-refractivity contribution in [3.8, 4) is 0 Å². The highest BCUT2D eigenvalue weighted by Gasteiger charge is 2.22. The maximum absolute atomic E-state index is 9.83. The van der Waals surface area contributed by atoms with Crippen molar-refractivity contribution in [2.24, 2.45) is 21.7 Å². The first-order valence-electron chi connectivity index (χ1n) is 9.29. The summed E-state index contributed by atoms with van der Waals surface area (Å²) in [7, 11) is 0. The summed E-state index contributed by atoms with van der Waals surface area (Å²) in [6.07, 6.45) is 3.75. The zero-order valence-electron chi connectivity index (χ0n) is 19.8. The summed E-state index contributed by atoms with van der Waals surface area (Å²) < 4.78 is 0. The number of aldehydes is 12. The second-order valence-corrected chi connectivity index (χ2v) is 6.88. The normalized spacial score (nSPS) is 9.71. The number of carbonyl (C=O) groups is 12. The van der Waals surface area contributed by atoms with Gasteiger partial charge in [0, 0.05) is 0 Å². The molecule has 0 aromatic heterocycles. The first kappa shape index (κ1) is 40.4. The van der Waals surface area contributed by atoms with Crippen LogP contribution in [0.15, 0.2) is 0 Å². The van der Waals surface area contributed by atoms with Crippen molar-refractivity contribution >= 4 is 75.4 Å². The van der Waals surface area contributed by atoms with Gasteiger partial charge in [0.25, 0.3) is 0 Å². The highest BCUT2D eigenvalue weighted by molar-refractivity contribution is 6.02. The Morgan fingerprint density at radius 1 is 0.265 bits per heavy atom. The summed E-state index contributed by atoms with van der Waals surface area (Å²) >= 11 is 0. The Balaban J connectivity index is -0.000000107. The van der Waals surface area contributed by atoms with E-state index < -0.39 is 21.7 Å². The SMILES string of the molecule is CC.CC(C=O)(C=O)C=O.CC(C=O)(C=O)C=O.CC(C=O)(C=O)C=O.CC(C=O)(C=O)C=O. The van der Waals surface area contributed by atoms with Crippen LogP contribution in [0.1, 0.15) is 41.5 Å². The van der Waals surface area contributed by atoms with E-state index in [1.165, 1.54) is 27.7 Å². The molecule has 0 atom stereocenters. The van der Waals surface area contributed by atoms with Crippen LogP contribution in [0.3, 0.4) is 0 Å². The van der Waals surface area contributed by atoms with Gasteiger partial charge in [0.15, 0.2) is 0 Å². The monoisotopic (exact) mass is 486 g/mol. The van der Waals surface area contributed by atoms with Gasteiger partial charge in [-0.1, -0.05) is 13.8 Å². The van der Waals surface area contributed by atoms with Crippen LogP contribution in [-0.2, 0) is 57.5 Å². The summed E-state index contributed by atoms with van der Waals surface area (Å²) in [5.41, 5.74) is -5.67. The number of carbonyl (C=O) groups excluding carboxylic acids is 12. The summed E-state index contributed by atoms with van der Waals surface area (Å²) in [6, 6.07) is 0. The fourth-order valence-corrected chi connectivity index (χ4v) is 0.333. The predicted molar refractivity (Wildman–Crippen MR) is 117 cm³/mol. The molecule has 0 aromatic carbocycles. The van der Waals surface area contributed by atoms with Crippen molar-refractivity contribution < 1.29 is 57.5 Å². The highest BCUT2D eigenvalue weighted by Crippen LogP contribution is 2.02. The van der Waals surface area contributed by atoms with E-state index in [1.807, 2.05) is 13.8 Å². The van der Waals surface area contributed by atoms with Gasteiger partial charge < -0.3 is 57.5 Å². The minimum Gasteiger partial charge on any atom is -0.302 e. The molecule has 0 aliphatic rings. The molecule has 0 unspecified atom stereocenters. The Hall–Kier alpha value is -3.96. The van der Waals surface area contributed by atoms with Gasteiger partial charge in [-0.15, -0.1) is 0 Å². The van der Waals surface area contributed by atoms with Crippen LogP contribution in [0, 0.1) is 21.7 Å². The number of hydrogen-bond donors (Lipinski definition) is 0. The molecule has 0 rings (SSSR count). The predicted octanol–water partition coefficient (Wildman–Crippen LogP) is -0.616. The Morgan fingerprint density at radius 3 is 0.324 bits per heavy atom. The smallest absolute Gasteiger partial charge is 0.140 e. The van der Waals surface area contributed by atoms with E-state index >= 15 is 0 Å². The van der Waals surface area contributed by atoms with Gasteiger partial charge in [-0.3, -0.25) is 0 Å². The van der Waals surface area contributed by atoms with E-state index in [4.69, 9.17) is 0 Å². The van der Waals surface area contributed by atoms with Crippen LogP contribution in [0.4, 0.5) is 0 Å². The number of rotatable bonds is 12. The molecule has 0 saturated heterocycles. The lowest BCUT2D eigenvalue weighted by molar-refractivity contribution is -0.133. The third-order valence-corrected chi connectivity index (χ3v) is 3.05. The first-order valence-corrected chi connectivity index (χ1v) is 9.29. The molecule has 0 bridgehead atoms. The molecule has 0 aliphatic heterocycles. The zero-order valence-corrected chi connectivity index (χ0v) is 19.8. The summed E-state index contributed by atoms with van der Waals surface area (Å²) in [5, 5.41) is 0. The van der Waals surface area contributed by atoms with Gasteiger partial charge in [0.1, 0.15) is 97.1 Å². The molecule has 0 amide bonds. The molecule has 34 heavy (non-hydrogen) atoms. The van der Waals surface area contributed by atoms with Crippen LogP contribution in [0.5, 0.6) is 0 Å². The molecular formula is C22H30O12. The van der Waals surface area contributed by atoms with E-state index in [9.17, 15) is 57.5 Å². The molecule has 0 spiro atoms. The maximum atomic E-state index is 9.83. The van der Waals surface area contributed by atoms with E-state index in [-0.39, 0.29) is 0 Å². The molecule has 0 N–H and O–H groups in total. The molecule has 0 saturated carbocycles. The van der Waals surface area contributed by atoms with Crippen LogP contribution in [-0.4, -0.2) is 75.4 Å². The van der Waals surface area contributed by atoms with E-state index in [0.29, 0.717) is 75.4 Å². The molecule has 0 aliphatic carbocycles. The van der Waals surface area contributed by atoms with Crippen LogP contribution in [0.2, 0.25) is 0 Å². The molecule has 0 radical (unpaired) electrons. The van der Waals surface area contributed by atoms with Gasteiger partial charge in [-0.05, 0) is 27.7 Å². The van der Waals surface area contributed by atoms with E-state index in [0.717, 1.165) is 0 Å². The Labute approximate surface area is 196 Å². The summed E-state index contributed by atoms with van der Waals surface area (Å²) in [6.45, 7) is 9.00. The fraction of sp³-hybridized carbons (Fsp3) is 0.455. The average Bonchev–Trinajstić information content (AvgIpc) is 2.93. The van der Waals surface area contributed by atoms with Crippen molar-refractivity contribution in [1.29, 1.82) is 0 Å². The summed E-state index contributed by atoms with van der Waals surface area (Å²) in [5.74, 6) is 0. The molecular weight excluding hydrogens is 456 g/mol. The molecule has 0 heterocycles. The largest absolute Gasteiger partial charge is 0.302 e. The fourth-order valence-electron chi connectivity index (χ4n) is 0.333. The van der Waals surface area contributed by atoms with E-state index in [1.54, 1.807) is 0 Å². The average molecular weight is 486 g/mol. The maximum Gasteiger partial charge on any atom is 0.140 e. The Bertz CT molecular complexity index is 502. The minimum atomic E-state index is -1.42. The van der Waals surface area contributed by atoms with E-state index in [2.05, 4.69) is 0 Å². The summed E-state index contributed by atoms with van der Waals surface area (Å²) in [4.78, 5) is 118. The third-order valence-electron chi connectivity index (χ3n) is 3.05. The van der Waals surface area contributed by atoms with Crippen LogP contribution in [0.25, 0.3) is 0 Å². The molecule has 190 valence electrons. The Kier molecular flexibility index (Phi) is 26.4. The molecule has 12 heteroatoms. The lowest BCUT2D eigenvalue weighted by atomic mass is 9.98. The molecule has 12 nitrogen and oxygen atoms in total. The van der Waals surface area contributed by atoms with Gasteiger partial charge in [0.2, 0.25) is 0 Å². The number of hydrogen-bond acceptors (Lipinski definition) is 12. The molecule has 0 fully saturated rings.